The van der Waals surface area contributed by atoms with Crippen molar-refractivity contribution in [3.8, 4) is 0 Å². The lowest BCUT2D eigenvalue weighted by Crippen LogP contribution is -2.39. The van der Waals surface area contributed by atoms with Crippen LogP contribution in [-0.4, -0.2) is 62.0 Å². The first-order valence-corrected chi connectivity index (χ1v) is 10.2. The second-order valence-electron chi connectivity index (χ2n) is 8.64. The zero-order valence-corrected chi connectivity index (χ0v) is 16.7. The Hall–Kier alpha value is -0.900. The van der Waals surface area contributed by atoms with Crippen LogP contribution >= 0.6 is 0 Å². The minimum Gasteiger partial charge on any atom is -0.306 e. The number of nitrogens with zero attached hydrogens (tertiary/aromatic N) is 3. The van der Waals surface area contributed by atoms with Gasteiger partial charge >= 0.3 is 0 Å². The first-order valence-electron chi connectivity index (χ1n) is 10.2. The van der Waals surface area contributed by atoms with Crippen molar-refractivity contribution in [2.45, 2.75) is 45.2 Å². The minimum atomic E-state index is 0.482. The van der Waals surface area contributed by atoms with Crippen molar-refractivity contribution in [3.63, 3.8) is 0 Å². The predicted molar refractivity (Wildman–Crippen MR) is 107 cm³/mol. The fourth-order valence-electron chi connectivity index (χ4n) is 4.59. The number of hydrogen-bond donors (Lipinski definition) is 0. The topological polar surface area (TPSA) is 9.72 Å². The van der Waals surface area contributed by atoms with Gasteiger partial charge in [0.1, 0.15) is 0 Å². The highest BCUT2D eigenvalue weighted by atomic mass is 15.1. The van der Waals surface area contributed by atoms with Gasteiger partial charge in [0.25, 0.3) is 0 Å². The van der Waals surface area contributed by atoms with E-state index < -0.39 is 0 Å². The molecule has 0 aromatic heterocycles. The summed E-state index contributed by atoms with van der Waals surface area (Å²) in [6.07, 6.45) is 5.65. The molecule has 0 radical (unpaired) electrons. The molecule has 2 aliphatic rings. The third kappa shape index (κ3) is 5.06. The van der Waals surface area contributed by atoms with Gasteiger partial charge in [0.15, 0.2) is 0 Å². The first kappa shape index (κ1) is 18.9. The number of piperidine rings is 2. The van der Waals surface area contributed by atoms with Gasteiger partial charge in [-0.1, -0.05) is 24.3 Å². The molecular weight excluding hydrogens is 306 g/mol. The summed E-state index contributed by atoms with van der Waals surface area (Å²) in [6, 6.07) is 9.69. The summed E-state index contributed by atoms with van der Waals surface area (Å²) in [7, 11) is 6.58. The van der Waals surface area contributed by atoms with Crippen molar-refractivity contribution >= 4 is 0 Å². The van der Waals surface area contributed by atoms with Crippen molar-refractivity contribution < 1.29 is 0 Å². The van der Waals surface area contributed by atoms with E-state index in [0.717, 1.165) is 18.4 Å². The highest BCUT2D eigenvalue weighted by Crippen LogP contribution is 2.32. The quantitative estimate of drug-likeness (QED) is 0.804. The Balaban J connectivity index is 1.50. The minimum absolute atomic E-state index is 0.482. The van der Waals surface area contributed by atoms with Gasteiger partial charge < -0.3 is 9.80 Å². The monoisotopic (exact) mass is 343 g/mol. The lowest BCUT2D eigenvalue weighted by atomic mass is 9.79. The fraction of sp³-hybridized carbons (Fsp3) is 0.727. The third-order valence-corrected chi connectivity index (χ3v) is 6.68. The predicted octanol–water partition coefficient (Wildman–Crippen LogP) is 3.86. The molecule has 0 unspecified atom stereocenters. The summed E-state index contributed by atoms with van der Waals surface area (Å²) >= 11 is 0. The Labute approximate surface area is 155 Å². The maximum Gasteiger partial charge on any atom is 0.0313 e. The molecule has 0 N–H and O–H groups in total. The van der Waals surface area contributed by atoms with E-state index in [1.807, 2.05) is 0 Å². The van der Waals surface area contributed by atoms with Gasteiger partial charge in [-0.15, -0.1) is 0 Å². The summed E-state index contributed by atoms with van der Waals surface area (Å²) in [6.45, 7) is 8.58. The van der Waals surface area contributed by atoms with E-state index >= 15 is 0 Å². The van der Waals surface area contributed by atoms with E-state index in [4.69, 9.17) is 0 Å². The molecule has 0 saturated carbocycles. The van der Waals surface area contributed by atoms with Crippen LogP contribution in [0.25, 0.3) is 0 Å². The van der Waals surface area contributed by atoms with Crippen LogP contribution in [0, 0.1) is 11.8 Å². The Kier molecular flexibility index (Phi) is 6.54. The van der Waals surface area contributed by atoms with E-state index in [0.29, 0.717) is 6.04 Å². The van der Waals surface area contributed by atoms with Gasteiger partial charge in [-0.3, -0.25) is 4.90 Å². The molecule has 0 amide bonds. The lowest BCUT2D eigenvalue weighted by Gasteiger charge is -2.39. The molecular formula is C22H37N3. The molecule has 3 nitrogen and oxygen atoms in total. The first-order chi connectivity index (χ1) is 12.0. The summed E-state index contributed by atoms with van der Waals surface area (Å²) in [5.41, 5.74) is 2.91. The standard InChI is InChI=1S/C22H37N3/c1-18(23(2)3)22-7-5-6-19(16-22)17-25-14-10-21(11-15-25)20-8-12-24(4)13-9-20/h5-7,16,18,20-21H,8-15,17H2,1-4H3/t18-/m0/s1. The van der Waals surface area contributed by atoms with Gasteiger partial charge in [0, 0.05) is 12.6 Å². The molecule has 0 aliphatic carbocycles. The molecule has 1 aromatic rings. The highest BCUT2D eigenvalue weighted by Gasteiger charge is 2.28. The van der Waals surface area contributed by atoms with Gasteiger partial charge in [0.2, 0.25) is 0 Å². The Morgan fingerprint density at radius 1 is 1.00 bits per heavy atom. The summed E-state index contributed by atoms with van der Waals surface area (Å²) in [4.78, 5) is 7.45. The van der Waals surface area contributed by atoms with Crippen molar-refractivity contribution in [2.75, 3.05) is 47.3 Å². The summed E-state index contributed by atoms with van der Waals surface area (Å²) in [5, 5.41) is 0. The summed E-state index contributed by atoms with van der Waals surface area (Å²) in [5.74, 6) is 1.97. The van der Waals surface area contributed by atoms with Crippen molar-refractivity contribution in [3.05, 3.63) is 35.4 Å². The van der Waals surface area contributed by atoms with Crippen LogP contribution in [0.2, 0.25) is 0 Å². The molecule has 3 rings (SSSR count). The largest absolute Gasteiger partial charge is 0.306 e. The van der Waals surface area contributed by atoms with E-state index in [9.17, 15) is 0 Å². The molecule has 1 aromatic carbocycles. The van der Waals surface area contributed by atoms with Crippen molar-refractivity contribution in [2.24, 2.45) is 11.8 Å². The zero-order valence-electron chi connectivity index (χ0n) is 16.7. The summed E-state index contributed by atoms with van der Waals surface area (Å²) < 4.78 is 0. The molecule has 0 spiro atoms. The second-order valence-corrected chi connectivity index (χ2v) is 8.64. The number of likely N-dealkylation sites (tertiary alicyclic amines) is 2. The van der Waals surface area contributed by atoms with E-state index in [1.165, 1.54) is 63.0 Å². The average Bonchev–Trinajstić information content (AvgIpc) is 2.62. The highest BCUT2D eigenvalue weighted by molar-refractivity contribution is 5.25. The van der Waals surface area contributed by atoms with Gasteiger partial charge in [-0.25, -0.2) is 0 Å². The van der Waals surface area contributed by atoms with E-state index in [-0.39, 0.29) is 0 Å². The maximum atomic E-state index is 2.67. The SMILES string of the molecule is C[C@@H](c1cccc(CN2CCC(C3CCN(C)CC3)CC2)c1)N(C)C. The molecule has 2 saturated heterocycles. The molecule has 2 heterocycles. The smallest absolute Gasteiger partial charge is 0.0313 e. The average molecular weight is 344 g/mol. The van der Waals surface area contributed by atoms with Crippen LogP contribution in [0.1, 0.15) is 49.8 Å². The Bertz CT molecular complexity index is 526. The lowest BCUT2D eigenvalue weighted by molar-refractivity contribution is 0.102. The molecule has 3 heteroatoms. The maximum absolute atomic E-state index is 2.67. The van der Waals surface area contributed by atoms with Crippen LogP contribution in [0.4, 0.5) is 0 Å². The normalized spacial score (nSPS) is 23.2. The van der Waals surface area contributed by atoms with Crippen LogP contribution in [0.5, 0.6) is 0 Å². The van der Waals surface area contributed by atoms with Gasteiger partial charge in [0.05, 0.1) is 0 Å². The fourth-order valence-corrected chi connectivity index (χ4v) is 4.59. The Morgan fingerprint density at radius 3 is 2.20 bits per heavy atom. The second kappa shape index (κ2) is 8.66. The van der Waals surface area contributed by atoms with E-state index in [2.05, 4.69) is 67.0 Å². The third-order valence-electron chi connectivity index (χ3n) is 6.68. The Morgan fingerprint density at radius 2 is 1.60 bits per heavy atom. The number of rotatable bonds is 5. The molecule has 25 heavy (non-hydrogen) atoms. The van der Waals surface area contributed by atoms with E-state index in [1.54, 1.807) is 0 Å². The number of benzene rings is 1. The van der Waals surface area contributed by atoms with Crippen LogP contribution in [0.15, 0.2) is 24.3 Å². The molecule has 1 atom stereocenters. The van der Waals surface area contributed by atoms with Crippen molar-refractivity contribution in [1.29, 1.82) is 0 Å². The van der Waals surface area contributed by atoms with Crippen LogP contribution in [-0.2, 0) is 6.54 Å². The van der Waals surface area contributed by atoms with Crippen molar-refractivity contribution in [1.82, 2.24) is 14.7 Å². The molecule has 2 aliphatic heterocycles. The molecule has 140 valence electrons. The zero-order chi connectivity index (χ0) is 17.8. The number of hydrogen-bond acceptors (Lipinski definition) is 3. The van der Waals surface area contributed by atoms with Gasteiger partial charge in [-0.2, -0.15) is 0 Å². The molecule has 0 bridgehead atoms. The van der Waals surface area contributed by atoms with Gasteiger partial charge in [-0.05, 0) is 103 Å². The molecule has 2 fully saturated rings. The van der Waals surface area contributed by atoms with Crippen LogP contribution < -0.4 is 0 Å². The van der Waals surface area contributed by atoms with Crippen LogP contribution in [0.3, 0.4) is 0 Å².